The minimum atomic E-state index is -0.682. The molecule has 6 heteroatoms. The smallest absolute Gasteiger partial charge is 0.231 e. The van der Waals surface area contributed by atoms with Gasteiger partial charge >= 0.3 is 0 Å². The van der Waals surface area contributed by atoms with Crippen molar-refractivity contribution in [2.24, 2.45) is 16.8 Å². The number of carbonyl (C=O) groups excluding carboxylic acids is 1. The van der Waals surface area contributed by atoms with Crippen LogP contribution in [0.2, 0.25) is 0 Å². The molecule has 6 nitrogen and oxygen atoms in total. The Balaban J connectivity index is 2.63. The number of amides is 1. The minimum Gasteiger partial charge on any atom is -0.464 e. The van der Waals surface area contributed by atoms with Crippen LogP contribution in [0.15, 0.2) is 21.7 Å². The molecule has 0 aliphatic heterocycles. The monoisotopic (exact) mass is 239 g/mol. The van der Waals surface area contributed by atoms with Crippen LogP contribution in [0.5, 0.6) is 0 Å². The van der Waals surface area contributed by atoms with Gasteiger partial charge in [-0.25, -0.2) is 0 Å². The highest BCUT2D eigenvalue weighted by Crippen LogP contribution is 2.15. The summed E-state index contributed by atoms with van der Waals surface area (Å²) >= 11 is 0. The predicted molar refractivity (Wildman–Crippen MR) is 62.6 cm³/mol. The van der Waals surface area contributed by atoms with Crippen LogP contribution in [0.1, 0.15) is 31.4 Å². The summed E-state index contributed by atoms with van der Waals surface area (Å²) < 4.78 is 5.39. The molecular formula is C11H17N3O3. The molecule has 0 saturated heterocycles. The van der Waals surface area contributed by atoms with Gasteiger partial charge in [0.05, 0.1) is 12.0 Å². The molecule has 17 heavy (non-hydrogen) atoms. The van der Waals surface area contributed by atoms with Crippen molar-refractivity contribution in [1.82, 2.24) is 5.32 Å². The fraction of sp³-hybridized carbons (Fsp3) is 0.455. The lowest BCUT2D eigenvalue weighted by Crippen LogP contribution is -2.38. The molecule has 0 saturated carbocycles. The van der Waals surface area contributed by atoms with Gasteiger partial charge in [0.2, 0.25) is 5.91 Å². The van der Waals surface area contributed by atoms with Crippen molar-refractivity contribution in [1.29, 1.82) is 0 Å². The summed E-state index contributed by atoms with van der Waals surface area (Å²) in [5.41, 5.74) is 5.35. The Morgan fingerprint density at radius 1 is 1.53 bits per heavy atom. The Morgan fingerprint density at radius 2 is 2.18 bits per heavy atom. The van der Waals surface area contributed by atoms with E-state index in [1.165, 1.54) is 0 Å². The van der Waals surface area contributed by atoms with Crippen LogP contribution in [0, 0.1) is 12.8 Å². The molecule has 1 aromatic rings. The Labute approximate surface area is 99.5 Å². The SMILES string of the molecule is Cc1ccc(C(C)NC(=O)C(C)C(N)=NO)o1. The molecule has 0 radical (unpaired) electrons. The number of nitrogens with zero attached hydrogens (tertiary/aromatic N) is 1. The van der Waals surface area contributed by atoms with E-state index < -0.39 is 5.92 Å². The molecule has 94 valence electrons. The number of oxime groups is 1. The maximum absolute atomic E-state index is 11.7. The molecule has 2 unspecified atom stereocenters. The first-order chi connectivity index (χ1) is 7.95. The van der Waals surface area contributed by atoms with Crippen molar-refractivity contribution in [3.63, 3.8) is 0 Å². The number of furan rings is 1. The lowest BCUT2D eigenvalue weighted by atomic mass is 10.1. The second-order valence-corrected chi connectivity index (χ2v) is 3.93. The van der Waals surface area contributed by atoms with Gasteiger partial charge in [0.15, 0.2) is 5.84 Å². The number of nitrogens with one attached hydrogen (secondary N) is 1. The first kappa shape index (κ1) is 13.1. The molecule has 0 fully saturated rings. The summed E-state index contributed by atoms with van der Waals surface area (Å²) in [4.78, 5) is 11.7. The van der Waals surface area contributed by atoms with Crippen molar-refractivity contribution in [3.8, 4) is 0 Å². The van der Waals surface area contributed by atoms with E-state index >= 15 is 0 Å². The molecule has 1 rings (SSSR count). The molecule has 4 N–H and O–H groups in total. The average molecular weight is 239 g/mol. The number of nitrogens with two attached hydrogens (primary N) is 1. The van der Waals surface area contributed by atoms with Gasteiger partial charge in [-0.2, -0.15) is 0 Å². The molecule has 1 amide bonds. The molecular weight excluding hydrogens is 222 g/mol. The molecule has 2 atom stereocenters. The van der Waals surface area contributed by atoms with E-state index in [0.29, 0.717) is 5.76 Å². The summed E-state index contributed by atoms with van der Waals surface area (Å²) in [6.07, 6.45) is 0. The number of carbonyl (C=O) groups is 1. The van der Waals surface area contributed by atoms with Crippen LogP contribution < -0.4 is 11.1 Å². The Morgan fingerprint density at radius 3 is 2.65 bits per heavy atom. The van der Waals surface area contributed by atoms with Gasteiger partial charge in [-0.15, -0.1) is 0 Å². The van der Waals surface area contributed by atoms with E-state index in [1.807, 2.05) is 13.0 Å². The van der Waals surface area contributed by atoms with E-state index in [4.69, 9.17) is 15.4 Å². The minimum absolute atomic E-state index is 0.120. The van der Waals surface area contributed by atoms with Gasteiger partial charge in [0, 0.05) is 0 Å². The zero-order chi connectivity index (χ0) is 13.0. The fourth-order valence-electron chi connectivity index (χ4n) is 1.32. The van der Waals surface area contributed by atoms with Gasteiger partial charge in [0.25, 0.3) is 0 Å². The van der Waals surface area contributed by atoms with Crippen molar-refractivity contribution < 1.29 is 14.4 Å². The lowest BCUT2D eigenvalue weighted by Gasteiger charge is -2.15. The molecule has 1 heterocycles. The largest absolute Gasteiger partial charge is 0.464 e. The third-order valence-electron chi connectivity index (χ3n) is 2.50. The van der Waals surface area contributed by atoms with E-state index in [-0.39, 0.29) is 17.8 Å². The van der Waals surface area contributed by atoms with Gasteiger partial charge in [-0.3, -0.25) is 4.79 Å². The molecule has 0 aliphatic rings. The highest BCUT2D eigenvalue weighted by Gasteiger charge is 2.20. The first-order valence-corrected chi connectivity index (χ1v) is 5.29. The van der Waals surface area contributed by atoms with Crippen LogP contribution in [0.4, 0.5) is 0 Å². The van der Waals surface area contributed by atoms with Crippen LogP contribution in [-0.2, 0) is 4.79 Å². The number of aryl methyl sites for hydroxylation is 1. The van der Waals surface area contributed by atoms with Crippen LogP contribution >= 0.6 is 0 Å². The second kappa shape index (κ2) is 5.38. The summed E-state index contributed by atoms with van der Waals surface area (Å²) in [5.74, 6) is 0.332. The van der Waals surface area contributed by atoms with Crippen LogP contribution in [-0.4, -0.2) is 17.0 Å². The third-order valence-corrected chi connectivity index (χ3v) is 2.50. The van der Waals surface area contributed by atoms with Gasteiger partial charge < -0.3 is 20.7 Å². The first-order valence-electron chi connectivity index (χ1n) is 5.29. The highest BCUT2D eigenvalue weighted by molar-refractivity contribution is 6.01. The third kappa shape index (κ3) is 3.24. The molecule has 0 spiro atoms. The Bertz CT molecular complexity index is 425. The van der Waals surface area contributed by atoms with Gasteiger partial charge in [-0.1, -0.05) is 5.16 Å². The van der Waals surface area contributed by atoms with Crippen molar-refractivity contribution in [2.75, 3.05) is 0 Å². The van der Waals surface area contributed by atoms with E-state index in [2.05, 4.69) is 10.5 Å². The van der Waals surface area contributed by atoms with Crippen LogP contribution in [0.25, 0.3) is 0 Å². The van der Waals surface area contributed by atoms with E-state index in [1.54, 1.807) is 19.9 Å². The molecule has 0 bridgehead atoms. The van der Waals surface area contributed by atoms with Gasteiger partial charge in [-0.05, 0) is 32.9 Å². The summed E-state index contributed by atoms with van der Waals surface area (Å²) in [7, 11) is 0. The second-order valence-electron chi connectivity index (χ2n) is 3.93. The van der Waals surface area contributed by atoms with Gasteiger partial charge in [0.1, 0.15) is 11.5 Å². The maximum Gasteiger partial charge on any atom is 0.231 e. The number of hydrogen-bond donors (Lipinski definition) is 3. The molecule has 1 aromatic heterocycles. The number of rotatable bonds is 4. The van der Waals surface area contributed by atoms with Crippen molar-refractivity contribution in [2.45, 2.75) is 26.8 Å². The zero-order valence-electron chi connectivity index (χ0n) is 10.1. The van der Waals surface area contributed by atoms with Crippen molar-refractivity contribution in [3.05, 3.63) is 23.7 Å². The average Bonchev–Trinajstić information content (AvgIpc) is 2.73. The molecule has 0 aromatic carbocycles. The summed E-state index contributed by atoms with van der Waals surface area (Å²) in [6.45, 7) is 5.19. The summed E-state index contributed by atoms with van der Waals surface area (Å²) in [5, 5.41) is 14.0. The predicted octanol–water partition coefficient (Wildman–Crippen LogP) is 1.15. The summed E-state index contributed by atoms with van der Waals surface area (Å²) in [6, 6.07) is 3.37. The molecule has 0 aliphatic carbocycles. The topological polar surface area (TPSA) is 101 Å². The lowest BCUT2D eigenvalue weighted by molar-refractivity contribution is -0.123. The van der Waals surface area contributed by atoms with Crippen LogP contribution in [0.3, 0.4) is 0 Å². The number of amidine groups is 1. The Hall–Kier alpha value is -1.98. The quantitative estimate of drug-likeness (QED) is 0.317. The standard InChI is InChI=1S/C11H17N3O3/c1-6-4-5-9(17-6)8(3)13-11(15)7(2)10(12)14-16/h4-5,7-8,16H,1-3H3,(H2,12,14)(H,13,15). The fourth-order valence-corrected chi connectivity index (χ4v) is 1.32. The number of hydrogen-bond acceptors (Lipinski definition) is 4. The zero-order valence-corrected chi connectivity index (χ0v) is 10.1. The van der Waals surface area contributed by atoms with E-state index in [9.17, 15) is 4.79 Å². The highest BCUT2D eigenvalue weighted by atomic mass is 16.4. The Kier molecular flexibility index (Phi) is 4.14. The maximum atomic E-state index is 11.7. The normalized spacial score (nSPS) is 15.4. The van der Waals surface area contributed by atoms with Crippen molar-refractivity contribution >= 4 is 11.7 Å². The van der Waals surface area contributed by atoms with E-state index in [0.717, 1.165) is 5.76 Å².